The molecule has 0 unspecified atom stereocenters. The average Bonchev–Trinajstić information content (AvgIpc) is 2.21. The molecular formula is C12H15ClO2. The number of alkyl halides is 1. The largest absolute Gasteiger partial charge is 0.493 e. The lowest BCUT2D eigenvalue weighted by Gasteiger charge is -2.09. The molecule has 0 saturated heterocycles. The van der Waals surface area contributed by atoms with Crippen LogP contribution in [0.2, 0.25) is 0 Å². The molecule has 0 radical (unpaired) electrons. The third kappa shape index (κ3) is 3.24. The summed E-state index contributed by atoms with van der Waals surface area (Å²) in [6.07, 6.45) is 0.352. The van der Waals surface area contributed by atoms with Gasteiger partial charge in [0.25, 0.3) is 0 Å². The number of aryl methyl sites for hydroxylation is 1. The number of benzene rings is 1. The first kappa shape index (κ1) is 12.1. The maximum Gasteiger partial charge on any atom is 0.167 e. The SMILES string of the molecule is CCOc1ccc(C)cc1C(=O)CCCl. The molecule has 0 saturated carbocycles. The molecule has 3 heteroatoms. The highest BCUT2D eigenvalue weighted by molar-refractivity contribution is 6.19. The highest BCUT2D eigenvalue weighted by Crippen LogP contribution is 2.21. The van der Waals surface area contributed by atoms with E-state index in [1.807, 2.05) is 32.0 Å². The zero-order chi connectivity index (χ0) is 11.3. The molecule has 82 valence electrons. The van der Waals surface area contributed by atoms with E-state index in [0.29, 0.717) is 30.2 Å². The summed E-state index contributed by atoms with van der Waals surface area (Å²) in [6.45, 7) is 4.41. The molecule has 2 nitrogen and oxygen atoms in total. The van der Waals surface area contributed by atoms with Crippen LogP contribution in [0, 0.1) is 6.92 Å². The first-order valence-corrected chi connectivity index (χ1v) is 5.55. The van der Waals surface area contributed by atoms with E-state index in [1.54, 1.807) is 0 Å². The molecule has 1 aromatic carbocycles. The Labute approximate surface area is 95.2 Å². The monoisotopic (exact) mass is 226 g/mol. The van der Waals surface area contributed by atoms with Crippen molar-refractivity contribution >= 4 is 17.4 Å². The molecule has 0 aliphatic carbocycles. The van der Waals surface area contributed by atoms with E-state index in [0.717, 1.165) is 5.56 Å². The molecule has 0 heterocycles. The van der Waals surface area contributed by atoms with Crippen molar-refractivity contribution in [1.29, 1.82) is 0 Å². The molecule has 1 rings (SSSR count). The molecule has 0 aromatic heterocycles. The zero-order valence-electron chi connectivity index (χ0n) is 9.05. The third-order valence-corrected chi connectivity index (χ3v) is 2.25. The summed E-state index contributed by atoms with van der Waals surface area (Å²) in [5.41, 5.74) is 1.69. The van der Waals surface area contributed by atoms with Gasteiger partial charge < -0.3 is 4.74 Å². The van der Waals surface area contributed by atoms with Gasteiger partial charge in [-0.25, -0.2) is 0 Å². The first-order valence-electron chi connectivity index (χ1n) is 5.01. The second-order valence-corrected chi connectivity index (χ2v) is 3.67. The van der Waals surface area contributed by atoms with Crippen molar-refractivity contribution in [2.45, 2.75) is 20.3 Å². The van der Waals surface area contributed by atoms with Gasteiger partial charge in [-0.15, -0.1) is 11.6 Å². The predicted octanol–water partition coefficient (Wildman–Crippen LogP) is 3.21. The van der Waals surface area contributed by atoms with Gasteiger partial charge in [-0.1, -0.05) is 11.6 Å². The van der Waals surface area contributed by atoms with Crippen LogP contribution >= 0.6 is 11.6 Å². The Bertz CT molecular complexity index is 347. The predicted molar refractivity (Wildman–Crippen MR) is 62.0 cm³/mol. The van der Waals surface area contributed by atoms with E-state index in [1.165, 1.54) is 0 Å². The van der Waals surface area contributed by atoms with Crippen molar-refractivity contribution in [2.24, 2.45) is 0 Å². The van der Waals surface area contributed by atoms with Gasteiger partial charge in [0, 0.05) is 12.3 Å². The third-order valence-electron chi connectivity index (χ3n) is 2.06. The molecule has 0 spiro atoms. The van der Waals surface area contributed by atoms with Crippen LogP contribution in [0.15, 0.2) is 18.2 Å². The van der Waals surface area contributed by atoms with Crippen LogP contribution in [-0.2, 0) is 0 Å². The van der Waals surface area contributed by atoms with Gasteiger partial charge in [-0.3, -0.25) is 4.79 Å². The fourth-order valence-electron chi connectivity index (χ4n) is 1.36. The lowest BCUT2D eigenvalue weighted by atomic mass is 10.1. The van der Waals surface area contributed by atoms with Crippen molar-refractivity contribution in [1.82, 2.24) is 0 Å². The average molecular weight is 227 g/mol. The second-order valence-electron chi connectivity index (χ2n) is 3.29. The summed E-state index contributed by atoms with van der Waals surface area (Å²) in [7, 11) is 0. The highest BCUT2D eigenvalue weighted by Gasteiger charge is 2.11. The van der Waals surface area contributed by atoms with Crippen LogP contribution < -0.4 is 4.74 Å². The van der Waals surface area contributed by atoms with Gasteiger partial charge in [-0.2, -0.15) is 0 Å². The van der Waals surface area contributed by atoms with Gasteiger partial charge in [0.1, 0.15) is 5.75 Å². The standard InChI is InChI=1S/C12H15ClO2/c1-3-15-12-5-4-9(2)8-10(12)11(14)6-7-13/h4-5,8H,3,6-7H2,1-2H3. The van der Waals surface area contributed by atoms with Crippen LogP contribution in [0.3, 0.4) is 0 Å². The minimum absolute atomic E-state index is 0.0390. The Morgan fingerprint density at radius 3 is 2.80 bits per heavy atom. The van der Waals surface area contributed by atoms with E-state index in [-0.39, 0.29) is 5.78 Å². The van der Waals surface area contributed by atoms with Crippen molar-refractivity contribution in [3.8, 4) is 5.75 Å². The number of hydrogen-bond acceptors (Lipinski definition) is 2. The minimum atomic E-state index is 0.0390. The van der Waals surface area contributed by atoms with Crippen LogP contribution in [-0.4, -0.2) is 18.3 Å². The number of halogens is 1. The fraction of sp³-hybridized carbons (Fsp3) is 0.417. The van der Waals surface area contributed by atoms with Gasteiger partial charge in [0.05, 0.1) is 12.2 Å². The molecule has 0 bridgehead atoms. The molecule has 0 aliphatic heterocycles. The summed E-state index contributed by atoms with van der Waals surface area (Å²) < 4.78 is 5.40. The number of carbonyl (C=O) groups is 1. The van der Waals surface area contributed by atoms with Gasteiger partial charge >= 0.3 is 0 Å². The van der Waals surface area contributed by atoms with E-state index in [2.05, 4.69) is 0 Å². The Balaban J connectivity index is 3.00. The molecular weight excluding hydrogens is 212 g/mol. The van der Waals surface area contributed by atoms with Crippen molar-refractivity contribution in [3.05, 3.63) is 29.3 Å². The smallest absolute Gasteiger partial charge is 0.167 e. The lowest BCUT2D eigenvalue weighted by molar-refractivity contribution is 0.0985. The number of rotatable bonds is 5. The molecule has 0 fully saturated rings. The topological polar surface area (TPSA) is 26.3 Å². The number of ketones is 1. The van der Waals surface area contributed by atoms with E-state index in [9.17, 15) is 4.79 Å². The van der Waals surface area contributed by atoms with Crippen molar-refractivity contribution in [2.75, 3.05) is 12.5 Å². The summed E-state index contributed by atoms with van der Waals surface area (Å²) in [5.74, 6) is 1.04. The zero-order valence-corrected chi connectivity index (χ0v) is 9.80. The molecule has 0 atom stereocenters. The Morgan fingerprint density at radius 2 is 2.20 bits per heavy atom. The number of ether oxygens (including phenoxy) is 1. The summed E-state index contributed by atoms with van der Waals surface area (Å²) >= 11 is 5.55. The van der Waals surface area contributed by atoms with E-state index < -0.39 is 0 Å². The van der Waals surface area contributed by atoms with Gasteiger partial charge in [0.15, 0.2) is 5.78 Å². The molecule has 0 amide bonds. The summed E-state index contributed by atoms with van der Waals surface area (Å²) in [6, 6.07) is 5.61. The first-order chi connectivity index (χ1) is 7.19. The minimum Gasteiger partial charge on any atom is -0.493 e. The van der Waals surface area contributed by atoms with Crippen LogP contribution in [0.25, 0.3) is 0 Å². The van der Waals surface area contributed by atoms with Crippen LogP contribution in [0.1, 0.15) is 29.3 Å². The van der Waals surface area contributed by atoms with Crippen molar-refractivity contribution < 1.29 is 9.53 Å². The maximum atomic E-state index is 11.7. The summed E-state index contributed by atoms with van der Waals surface area (Å²) in [5, 5.41) is 0. The molecule has 15 heavy (non-hydrogen) atoms. The Kier molecular flexibility index (Phi) is 4.63. The quantitative estimate of drug-likeness (QED) is 0.569. The van der Waals surface area contributed by atoms with Gasteiger partial charge in [0.2, 0.25) is 0 Å². The summed E-state index contributed by atoms with van der Waals surface area (Å²) in [4.78, 5) is 11.7. The Morgan fingerprint density at radius 1 is 1.47 bits per heavy atom. The number of hydrogen-bond donors (Lipinski definition) is 0. The van der Waals surface area contributed by atoms with Gasteiger partial charge in [-0.05, 0) is 26.0 Å². The molecule has 1 aromatic rings. The molecule has 0 N–H and O–H groups in total. The second kappa shape index (κ2) is 5.76. The van der Waals surface area contributed by atoms with E-state index in [4.69, 9.17) is 16.3 Å². The number of carbonyl (C=O) groups excluding carboxylic acids is 1. The van der Waals surface area contributed by atoms with Crippen LogP contribution in [0.4, 0.5) is 0 Å². The fourth-order valence-corrected chi connectivity index (χ4v) is 1.54. The number of Topliss-reactive ketones (excluding diaryl/α,β-unsaturated/α-hetero) is 1. The van der Waals surface area contributed by atoms with Crippen LogP contribution in [0.5, 0.6) is 5.75 Å². The maximum absolute atomic E-state index is 11.7. The van der Waals surface area contributed by atoms with Crippen molar-refractivity contribution in [3.63, 3.8) is 0 Å². The molecule has 0 aliphatic rings. The highest BCUT2D eigenvalue weighted by atomic mass is 35.5. The van der Waals surface area contributed by atoms with E-state index >= 15 is 0 Å². The Hall–Kier alpha value is -1.02. The normalized spacial score (nSPS) is 10.1. The lowest BCUT2D eigenvalue weighted by Crippen LogP contribution is -2.04.